The lowest BCUT2D eigenvalue weighted by atomic mass is 10.2. The number of aromatic nitrogens is 1. The summed E-state index contributed by atoms with van der Waals surface area (Å²) in [6.45, 7) is 1.55. The van der Waals surface area contributed by atoms with Crippen LogP contribution in [0.25, 0.3) is 11.5 Å². The molecule has 148 valence electrons. The number of carbonyl (C=O) groups excluding carboxylic acids is 1. The van der Waals surface area contributed by atoms with Gasteiger partial charge in [0.15, 0.2) is 16.1 Å². The molecule has 0 saturated heterocycles. The molecule has 0 radical (unpaired) electrons. The summed E-state index contributed by atoms with van der Waals surface area (Å²) in [7, 11) is -0.863. The molecule has 2 rings (SSSR count). The number of ether oxygens (including phenoxy) is 2. The van der Waals surface area contributed by atoms with Crippen molar-refractivity contribution in [3.8, 4) is 11.5 Å². The van der Waals surface area contributed by atoms with Gasteiger partial charge in [0.05, 0.1) is 17.0 Å². The zero-order valence-corrected chi connectivity index (χ0v) is 16.2. The van der Waals surface area contributed by atoms with Crippen molar-refractivity contribution in [3.05, 3.63) is 41.5 Å². The number of nitrogens with zero attached hydrogens (tertiary/aromatic N) is 1. The van der Waals surface area contributed by atoms with Crippen LogP contribution < -0.4 is 0 Å². The summed E-state index contributed by atoms with van der Waals surface area (Å²) in [6, 6.07) is 5.91. The van der Waals surface area contributed by atoms with Crippen LogP contribution in [0.2, 0.25) is 0 Å². The minimum absolute atomic E-state index is 0.00478. The third-order valence-electron chi connectivity index (χ3n) is 3.92. The number of hydrogen-bond donors (Lipinski definition) is 0. The summed E-state index contributed by atoms with van der Waals surface area (Å²) in [5.41, 5.74) is 0.304. The second kappa shape index (κ2) is 9.20. The molecular formula is C18H22FNO6S. The van der Waals surface area contributed by atoms with Crippen LogP contribution >= 0.6 is 0 Å². The van der Waals surface area contributed by atoms with Crippen LogP contribution in [0, 0.1) is 12.7 Å². The van der Waals surface area contributed by atoms with Crippen molar-refractivity contribution in [2.24, 2.45) is 0 Å². The molecular weight excluding hydrogens is 377 g/mol. The number of rotatable bonds is 10. The molecule has 0 spiro atoms. The Labute approximate surface area is 157 Å². The number of methoxy groups -OCH3 is 2. The van der Waals surface area contributed by atoms with Gasteiger partial charge in [0, 0.05) is 27.1 Å². The molecule has 0 fully saturated rings. The first kappa shape index (κ1) is 21.2. The molecule has 0 aliphatic heterocycles. The fourth-order valence-electron chi connectivity index (χ4n) is 2.50. The molecule has 0 aliphatic rings. The molecule has 27 heavy (non-hydrogen) atoms. The van der Waals surface area contributed by atoms with Gasteiger partial charge in [-0.15, -0.1) is 0 Å². The molecule has 0 N–H and O–H groups in total. The van der Waals surface area contributed by atoms with Crippen LogP contribution in [0.4, 0.5) is 4.39 Å². The molecule has 0 aliphatic carbocycles. The summed E-state index contributed by atoms with van der Waals surface area (Å²) in [5.74, 6) is -1.76. The highest BCUT2D eigenvalue weighted by Crippen LogP contribution is 2.25. The maximum absolute atomic E-state index is 13.9. The normalized spacial score (nSPS) is 11.9. The molecule has 9 heteroatoms. The van der Waals surface area contributed by atoms with Crippen LogP contribution in [-0.2, 0) is 29.9 Å². The molecule has 0 atom stereocenters. The summed E-state index contributed by atoms with van der Waals surface area (Å²) in [4.78, 5) is 16.1. The largest absolute Gasteiger partial charge is 0.441 e. The van der Waals surface area contributed by atoms with Gasteiger partial charge in [0.1, 0.15) is 23.1 Å². The van der Waals surface area contributed by atoms with E-state index in [2.05, 4.69) is 4.98 Å². The first-order chi connectivity index (χ1) is 12.8. The number of benzene rings is 1. The molecule has 0 saturated carbocycles. The Kier molecular flexibility index (Phi) is 7.23. The van der Waals surface area contributed by atoms with E-state index in [0.29, 0.717) is 0 Å². The topological polar surface area (TPSA) is 95.7 Å². The van der Waals surface area contributed by atoms with E-state index in [-0.39, 0.29) is 35.7 Å². The molecule has 0 unspecified atom stereocenters. The van der Waals surface area contributed by atoms with E-state index in [1.807, 2.05) is 0 Å². The Morgan fingerprint density at radius 3 is 2.56 bits per heavy atom. The Morgan fingerprint density at radius 1 is 1.26 bits per heavy atom. The quantitative estimate of drug-likeness (QED) is 0.567. The highest BCUT2D eigenvalue weighted by molar-refractivity contribution is 7.91. The number of Topliss-reactive ketones (excluding diaryl/α,β-unsaturated/α-hetero) is 1. The van der Waals surface area contributed by atoms with Crippen LogP contribution in [0.1, 0.15) is 24.3 Å². The van der Waals surface area contributed by atoms with Gasteiger partial charge in [-0.2, -0.15) is 0 Å². The predicted molar refractivity (Wildman–Crippen MR) is 96.2 cm³/mol. The van der Waals surface area contributed by atoms with Crippen LogP contribution in [0.5, 0.6) is 0 Å². The second-order valence-electron chi connectivity index (χ2n) is 6.01. The number of halogens is 1. The summed E-state index contributed by atoms with van der Waals surface area (Å²) < 4.78 is 53.8. The van der Waals surface area contributed by atoms with Gasteiger partial charge < -0.3 is 13.9 Å². The van der Waals surface area contributed by atoms with Gasteiger partial charge in [0.2, 0.25) is 5.89 Å². The Morgan fingerprint density at radius 2 is 1.93 bits per heavy atom. The lowest BCUT2D eigenvalue weighted by Crippen LogP contribution is -2.21. The van der Waals surface area contributed by atoms with E-state index in [1.165, 1.54) is 32.4 Å². The zero-order chi connectivity index (χ0) is 20.0. The summed E-state index contributed by atoms with van der Waals surface area (Å²) in [5, 5.41) is 0. The van der Waals surface area contributed by atoms with E-state index < -0.39 is 39.2 Å². The number of aryl methyl sites for hydroxylation is 1. The first-order valence-corrected chi connectivity index (χ1v) is 10.1. The Hall–Kier alpha value is -2.10. The number of hydrogen-bond acceptors (Lipinski definition) is 7. The van der Waals surface area contributed by atoms with Gasteiger partial charge in [-0.05, 0) is 19.1 Å². The van der Waals surface area contributed by atoms with Crippen molar-refractivity contribution in [2.45, 2.75) is 31.8 Å². The zero-order valence-electron chi connectivity index (χ0n) is 15.4. The minimum atomic E-state index is -3.74. The molecule has 0 amide bonds. The fraction of sp³-hybridized carbons (Fsp3) is 0.444. The standard InChI is InChI=1S/C18H22FNO6S/c1-12-16(20-18(26-12)14-6-4-5-7-15(14)19)11-27(22,23)10-13(21)8-9-17(24-2)25-3/h4-7,17H,8-11H2,1-3H3. The maximum atomic E-state index is 13.9. The van der Waals surface area contributed by atoms with Gasteiger partial charge in [-0.25, -0.2) is 17.8 Å². The van der Waals surface area contributed by atoms with Crippen molar-refractivity contribution in [2.75, 3.05) is 20.0 Å². The van der Waals surface area contributed by atoms with E-state index in [1.54, 1.807) is 13.0 Å². The predicted octanol–water partition coefficient (Wildman–Crippen LogP) is 2.67. The van der Waals surface area contributed by atoms with Gasteiger partial charge in [-0.3, -0.25) is 4.79 Å². The minimum Gasteiger partial charge on any atom is -0.441 e. The lowest BCUT2D eigenvalue weighted by Gasteiger charge is -2.12. The van der Waals surface area contributed by atoms with Crippen molar-refractivity contribution >= 4 is 15.6 Å². The number of carbonyl (C=O) groups is 1. The molecule has 1 aromatic heterocycles. The van der Waals surface area contributed by atoms with Crippen LogP contribution in [-0.4, -0.2) is 45.4 Å². The third kappa shape index (κ3) is 5.95. The molecule has 1 heterocycles. The SMILES string of the molecule is COC(CCC(=O)CS(=O)(=O)Cc1nc(-c2ccccc2F)oc1C)OC. The highest BCUT2D eigenvalue weighted by Gasteiger charge is 2.23. The van der Waals surface area contributed by atoms with Crippen molar-refractivity contribution in [1.29, 1.82) is 0 Å². The number of oxazole rings is 1. The van der Waals surface area contributed by atoms with Crippen molar-refractivity contribution < 1.29 is 31.5 Å². The van der Waals surface area contributed by atoms with Gasteiger partial charge in [-0.1, -0.05) is 12.1 Å². The van der Waals surface area contributed by atoms with Crippen molar-refractivity contribution in [3.63, 3.8) is 0 Å². The Balaban J connectivity index is 2.05. The molecule has 0 bridgehead atoms. The first-order valence-electron chi connectivity index (χ1n) is 8.24. The van der Waals surface area contributed by atoms with E-state index in [0.717, 1.165) is 0 Å². The number of ketones is 1. The van der Waals surface area contributed by atoms with Crippen LogP contribution in [0.15, 0.2) is 28.7 Å². The van der Waals surface area contributed by atoms with E-state index >= 15 is 0 Å². The average Bonchev–Trinajstić information content (AvgIpc) is 2.95. The highest BCUT2D eigenvalue weighted by atomic mass is 32.2. The molecule has 7 nitrogen and oxygen atoms in total. The molecule has 2 aromatic rings. The smallest absolute Gasteiger partial charge is 0.229 e. The van der Waals surface area contributed by atoms with Gasteiger partial charge >= 0.3 is 0 Å². The summed E-state index contributed by atoms with van der Waals surface area (Å²) >= 11 is 0. The van der Waals surface area contributed by atoms with E-state index in [9.17, 15) is 17.6 Å². The third-order valence-corrected chi connectivity index (χ3v) is 5.39. The maximum Gasteiger partial charge on any atom is 0.229 e. The van der Waals surface area contributed by atoms with Crippen molar-refractivity contribution in [1.82, 2.24) is 4.98 Å². The molecule has 1 aromatic carbocycles. The summed E-state index contributed by atoms with van der Waals surface area (Å²) in [6.07, 6.45) is -0.274. The lowest BCUT2D eigenvalue weighted by molar-refractivity contribution is -0.125. The van der Waals surface area contributed by atoms with Crippen LogP contribution in [0.3, 0.4) is 0 Å². The second-order valence-corrected chi connectivity index (χ2v) is 8.08. The number of sulfone groups is 1. The fourth-order valence-corrected chi connectivity index (χ4v) is 3.92. The van der Waals surface area contributed by atoms with Gasteiger partial charge in [0.25, 0.3) is 0 Å². The Bertz CT molecular complexity index is 889. The average molecular weight is 399 g/mol. The van der Waals surface area contributed by atoms with E-state index in [4.69, 9.17) is 13.9 Å². The monoisotopic (exact) mass is 399 g/mol.